The number of piperazine rings is 1. The summed E-state index contributed by atoms with van der Waals surface area (Å²) in [5.74, 6) is 0.726. The van der Waals surface area contributed by atoms with Gasteiger partial charge in [0, 0.05) is 15.5 Å². The Morgan fingerprint density at radius 2 is 1.71 bits per heavy atom. The predicted octanol–water partition coefficient (Wildman–Crippen LogP) is 2.36. The minimum atomic E-state index is 0.230. The summed E-state index contributed by atoms with van der Waals surface area (Å²) in [7, 11) is 0. The number of benzene rings is 2. The summed E-state index contributed by atoms with van der Waals surface area (Å²) in [6, 6.07) is 18.2. The SMILES string of the molecule is O=C(CSc1ccc(Cl)cc1)N1CC[NH+](Cc2ccccc2)CC1. The lowest BCUT2D eigenvalue weighted by atomic mass is 10.2. The van der Waals surface area contributed by atoms with E-state index in [0.29, 0.717) is 5.75 Å². The number of nitrogens with one attached hydrogen (secondary N) is 1. The summed E-state index contributed by atoms with van der Waals surface area (Å²) >= 11 is 7.46. The molecule has 126 valence electrons. The maximum Gasteiger partial charge on any atom is 0.233 e. The highest BCUT2D eigenvalue weighted by Crippen LogP contribution is 2.20. The molecule has 2 aromatic carbocycles. The zero-order chi connectivity index (χ0) is 16.8. The second-order valence-corrected chi connectivity index (χ2v) is 7.52. The van der Waals surface area contributed by atoms with Crippen molar-refractivity contribution in [2.75, 3.05) is 31.9 Å². The van der Waals surface area contributed by atoms with E-state index in [1.165, 1.54) is 5.56 Å². The number of hydrogen-bond acceptors (Lipinski definition) is 2. The van der Waals surface area contributed by atoms with Crippen molar-refractivity contribution in [3.8, 4) is 0 Å². The van der Waals surface area contributed by atoms with Crippen LogP contribution in [0.4, 0.5) is 0 Å². The van der Waals surface area contributed by atoms with Gasteiger partial charge in [-0.25, -0.2) is 0 Å². The molecule has 0 aromatic heterocycles. The molecule has 0 unspecified atom stereocenters. The third kappa shape index (κ3) is 5.00. The zero-order valence-corrected chi connectivity index (χ0v) is 15.2. The first-order valence-corrected chi connectivity index (χ1v) is 9.61. The third-order valence-electron chi connectivity index (χ3n) is 4.30. The molecule has 1 aliphatic heterocycles. The lowest BCUT2D eigenvalue weighted by molar-refractivity contribution is -0.917. The van der Waals surface area contributed by atoms with E-state index in [1.807, 2.05) is 35.2 Å². The van der Waals surface area contributed by atoms with Crippen LogP contribution in [0, 0.1) is 0 Å². The summed E-state index contributed by atoms with van der Waals surface area (Å²) in [6.07, 6.45) is 0. The molecule has 2 aromatic rings. The quantitative estimate of drug-likeness (QED) is 0.827. The predicted molar refractivity (Wildman–Crippen MR) is 99.6 cm³/mol. The monoisotopic (exact) mass is 361 g/mol. The highest BCUT2D eigenvalue weighted by atomic mass is 35.5. The summed E-state index contributed by atoms with van der Waals surface area (Å²) in [6.45, 7) is 4.78. The third-order valence-corrected chi connectivity index (χ3v) is 5.54. The van der Waals surface area contributed by atoms with Gasteiger partial charge in [0.05, 0.1) is 31.9 Å². The number of halogens is 1. The van der Waals surface area contributed by atoms with Gasteiger partial charge in [-0.1, -0.05) is 41.9 Å². The van der Waals surface area contributed by atoms with Gasteiger partial charge in [-0.15, -0.1) is 11.8 Å². The molecule has 0 saturated carbocycles. The average Bonchev–Trinajstić information content (AvgIpc) is 2.62. The van der Waals surface area contributed by atoms with Gasteiger partial charge in [0.2, 0.25) is 5.91 Å². The standard InChI is InChI=1S/C19H21ClN2OS/c20-17-6-8-18(9-7-17)24-15-19(23)22-12-10-21(11-13-22)14-16-4-2-1-3-5-16/h1-9H,10-15H2/p+1. The van der Waals surface area contributed by atoms with Crippen LogP contribution in [0.1, 0.15) is 5.56 Å². The summed E-state index contributed by atoms with van der Waals surface area (Å²) < 4.78 is 0. The Kier molecular flexibility index (Phi) is 6.18. The first-order valence-electron chi connectivity index (χ1n) is 8.24. The van der Waals surface area contributed by atoms with E-state index < -0.39 is 0 Å². The second-order valence-electron chi connectivity index (χ2n) is 6.04. The molecule has 0 aliphatic carbocycles. The van der Waals surface area contributed by atoms with Crippen molar-refractivity contribution in [3.05, 3.63) is 65.2 Å². The van der Waals surface area contributed by atoms with Gasteiger partial charge in [-0.05, 0) is 24.3 Å². The summed E-state index contributed by atoms with van der Waals surface area (Å²) in [4.78, 5) is 17.0. The average molecular weight is 362 g/mol. The number of rotatable bonds is 5. The van der Waals surface area contributed by atoms with Crippen molar-refractivity contribution < 1.29 is 9.69 Å². The smallest absolute Gasteiger partial charge is 0.233 e. The maximum absolute atomic E-state index is 12.4. The lowest BCUT2D eigenvalue weighted by Gasteiger charge is -2.32. The largest absolute Gasteiger partial charge is 0.331 e. The molecule has 24 heavy (non-hydrogen) atoms. The van der Waals surface area contributed by atoms with Crippen molar-refractivity contribution in [3.63, 3.8) is 0 Å². The van der Waals surface area contributed by atoms with Gasteiger partial charge in [-0.3, -0.25) is 4.79 Å². The van der Waals surface area contributed by atoms with Crippen LogP contribution in [0.3, 0.4) is 0 Å². The molecule has 3 rings (SSSR count). The fourth-order valence-electron chi connectivity index (χ4n) is 2.90. The highest BCUT2D eigenvalue weighted by Gasteiger charge is 2.23. The fourth-order valence-corrected chi connectivity index (χ4v) is 3.83. The van der Waals surface area contributed by atoms with Crippen LogP contribution in [0.2, 0.25) is 5.02 Å². The number of amides is 1. The van der Waals surface area contributed by atoms with Gasteiger partial charge in [-0.2, -0.15) is 0 Å². The molecule has 0 atom stereocenters. The van der Waals surface area contributed by atoms with E-state index in [-0.39, 0.29) is 5.91 Å². The van der Waals surface area contributed by atoms with Crippen LogP contribution in [0.15, 0.2) is 59.5 Å². The number of thioether (sulfide) groups is 1. The van der Waals surface area contributed by atoms with Crippen molar-refractivity contribution >= 4 is 29.3 Å². The Bertz CT molecular complexity index is 655. The Balaban J connectivity index is 1.42. The molecule has 3 nitrogen and oxygen atoms in total. The lowest BCUT2D eigenvalue weighted by Crippen LogP contribution is -3.13. The van der Waals surface area contributed by atoms with E-state index in [2.05, 4.69) is 24.3 Å². The van der Waals surface area contributed by atoms with Crippen LogP contribution in [0.25, 0.3) is 0 Å². The molecular formula is C19H22ClN2OS+. The number of carbonyl (C=O) groups is 1. The van der Waals surface area contributed by atoms with Crippen LogP contribution in [-0.4, -0.2) is 42.7 Å². The minimum absolute atomic E-state index is 0.230. The molecule has 0 radical (unpaired) electrons. The molecule has 1 fully saturated rings. The zero-order valence-electron chi connectivity index (χ0n) is 13.6. The minimum Gasteiger partial charge on any atom is -0.331 e. The van der Waals surface area contributed by atoms with Crippen LogP contribution < -0.4 is 4.90 Å². The number of carbonyl (C=O) groups excluding carboxylic acids is 1. The fraction of sp³-hybridized carbons (Fsp3) is 0.316. The Labute approximate surface area is 152 Å². The molecule has 5 heteroatoms. The van der Waals surface area contributed by atoms with Crippen molar-refractivity contribution in [2.45, 2.75) is 11.4 Å². The molecular weight excluding hydrogens is 340 g/mol. The van der Waals surface area contributed by atoms with Gasteiger partial charge in [0.15, 0.2) is 0 Å². The maximum atomic E-state index is 12.4. The summed E-state index contributed by atoms with van der Waals surface area (Å²) in [5, 5.41) is 0.725. The van der Waals surface area contributed by atoms with E-state index >= 15 is 0 Å². The first-order chi connectivity index (χ1) is 11.7. The van der Waals surface area contributed by atoms with Crippen molar-refractivity contribution in [1.82, 2.24) is 4.90 Å². The highest BCUT2D eigenvalue weighted by molar-refractivity contribution is 8.00. The molecule has 1 heterocycles. The number of hydrogen-bond donors (Lipinski definition) is 1. The van der Waals surface area contributed by atoms with Gasteiger partial charge in [0.25, 0.3) is 0 Å². The van der Waals surface area contributed by atoms with E-state index in [1.54, 1.807) is 16.7 Å². The van der Waals surface area contributed by atoms with Gasteiger partial charge >= 0.3 is 0 Å². The van der Waals surface area contributed by atoms with E-state index in [0.717, 1.165) is 42.6 Å². The van der Waals surface area contributed by atoms with Crippen LogP contribution in [0.5, 0.6) is 0 Å². The molecule has 0 spiro atoms. The normalized spacial score (nSPS) is 15.5. The number of nitrogens with zero attached hydrogens (tertiary/aromatic N) is 1. The molecule has 1 amide bonds. The van der Waals surface area contributed by atoms with E-state index in [9.17, 15) is 4.79 Å². The van der Waals surface area contributed by atoms with Gasteiger partial charge in [0.1, 0.15) is 6.54 Å². The molecule has 1 aliphatic rings. The summed E-state index contributed by atoms with van der Waals surface area (Å²) in [5.41, 5.74) is 1.37. The van der Waals surface area contributed by atoms with Crippen molar-refractivity contribution in [1.29, 1.82) is 0 Å². The second kappa shape index (κ2) is 8.56. The van der Waals surface area contributed by atoms with Gasteiger partial charge < -0.3 is 9.80 Å². The number of quaternary nitrogens is 1. The molecule has 0 bridgehead atoms. The Morgan fingerprint density at radius 3 is 2.38 bits per heavy atom. The topological polar surface area (TPSA) is 24.8 Å². The van der Waals surface area contributed by atoms with Crippen LogP contribution in [-0.2, 0) is 11.3 Å². The van der Waals surface area contributed by atoms with Crippen molar-refractivity contribution in [2.24, 2.45) is 0 Å². The van der Waals surface area contributed by atoms with E-state index in [4.69, 9.17) is 11.6 Å². The molecule has 1 saturated heterocycles. The first kappa shape index (κ1) is 17.3. The Morgan fingerprint density at radius 1 is 1.04 bits per heavy atom. The van der Waals surface area contributed by atoms with Crippen LogP contribution >= 0.6 is 23.4 Å². The Hall–Kier alpha value is -1.49. The molecule has 1 N–H and O–H groups in total.